The highest BCUT2D eigenvalue weighted by molar-refractivity contribution is 5.81. The third-order valence-corrected chi connectivity index (χ3v) is 5.50. The van der Waals surface area contributed by atoms with Crippen molar-refractivity contribution in [1.82, 2.24) is 4.90 Å². The van der Waals surface area contributed by atoms with Gasteiger partial charge in [-0.1, -0.05) is 55.5 Å². The lowest BCUT2D eigenvalue weighted by molar-refractivity contribution is -0.143. The third-order valence-electron chi connectivity index (χ3n) is 5.50. The van der Waals surface area contributed by atoms with E-state index >= 15 is 0 Å². The molecule has 0 unspecified atom stereocenters. The minimum absolute atomic E-state index is 0.219. The molecule has 0 aromatic heterocycles. The van der Waals surface area contributed by atoms with Gasteiger partial charge in [-0.3, -0.25) is 4.79 Å². The van der Waals surface area contributed by atoms with Crippen LogP contribution in [0.15, 0.2) is 54.6 Å². The van der Waals surface area contributed by atoms with E-state index in [4.69, 9.17) is 0 Å². The molecule has 1 aliphatic rings. The first-order valence-corrected chi connectivity index (χ1v) is 10.1. The zero-order valence-electron chi connectivity index (χ0n) is 16.4. The first-order chi connectivity index (χ1) is 13.6. The molecule has 0 bridgehead atoms. The summed E-state index contributed by atoms with van der Waals surface area (Å²) in [6, 6.07) is 15.1. The molecule has 2 aromatic carbocycles. The van der Waals surface area contributed by atoms with Gasteiger partial charge in [-0.05, 0) is 55.0 Å². The fourth-order valence-electron chi connectivity index (χ4n) is 3.99. The van der Waals surface area contributed by atoms with Gasteiger partial charge in [0.15, 0.2) is 0 Å². The minimum Gasteiger partial charge on any atom is -0.481 e. The van der Waals surface area contributed by atoms with Crippen LogP contribution in [0.3, 0.4) is 0 Å². The molecule has 0 radical (unpaired) electrons. The van der Waals surface area contributed by atoms with Gasteiger partial charge in [0, 0.05) is 18.7 Å². The predicted molar refractivity (Wildman–Crippen MR) is 111 cm³/mol. The Morgan fingerprint density at radius 2 is 1.89 bits per heavy atom. The maximum absolute atomic E-state index is 14.6. The summed E-state index contributed by atoms with van der Waals surface area (Å²) in [7, 11) is 0. The number of likely N-dealkylation sites (tertiary alicyclic amines) is 1. The molecule has 1 heterocycles. The molecule has 148 valence electrons. The van der Waals surface area contributed by atoms with Gasteiger partial charge in [-0.15, -0.1) is 0 Å². The van der Waals surface area contributed by atoms with Crippen LogP contribution in [0.5, 0.6) is 0 Å². The predicted octanol–water partition coefficient (Wildman–Crippen LogP) is 5.01. The topological polar surface area (TPSA) is 40.5 Å². The molecule has 3 rings (SSSR count). The van der Waals surface area contributed by atoms with Crippen LogP contribution in [0.4, 0.5) is 4.39 Å². The second kappa shape index (κ2) is 9.65. The van der Waals surface area contributed by atoms with E-state index in [2.05, 4.69) is 30.0 Å². The molecule has 1 atom stereocenters. The number of carbonyl (C=O) groups is 1. The lowest BCUT2D eigenvalue weighted by Crippen LogP contribution is -2.39. The van der Waals surface area contributed by atoms with Crippen LogP contribution in [0.1, 0.15) is 42.9 Å². The number of carboxylic acid groups (broad SMARTS) is 1. The van der Waals surface area contributed by atoms with Crippen molar-refractivity contribution in [1.29, 1.82) is 0 Å². The van der Waals surface area contributed by atoms with Crippen LogP contribution in [0.2, 0.25) is 0 Å². The highest BCUT2D eigenvalue weighted by atomic mass is 19.1. The molecule has 0 aliphatic carbocycles. The summed E-state index contributed by atoms with van der Waals surface area (Å²) in [6.07, 6.45) is 5.42. The highest BCUT2D eigenvalue weighted by Crippen LogP contribution is 2.29. The summed E-state index contributed by atoms with van der Waals surface area (Å²) in [5.41, 5.74) is 3.80. The zero-order valence-corrected chi connectivity index (χ0v) is 16.4. The number of nitrogens with zero attached hydrogens (tertiary/aromatic N) is 1. The number of rotatable bonds is 7. The summed E-state index contributed by atoms with van der Waals surface area (Å²) in [5.74, 6) is -1.20. The van der Waals surface area contributed by atoms with Crippen molar-refractivity contribution in [3.8, 4) is 0 Å². The van der Waals surface area contributed by atoms with Crippen molar-refractivity contribution in [3.05, 3.63) is 77.1 Å². The molecule has 1 aliphatic heterocycles. The van der Waals surface area contributed by atoms with Gasteiger partial charge in [0.25, 0.3) is 0 Å². The number of benzene rings is 2. The van der Waals surface area contributed by atoms with Crippen LogP contribution in [-0.2, 0) is 11.2 Å². The van der Waals surface area contributed by atoms with E-state index in [1.165, 1.54) is 11.6 Å². The second-order valence-electron chi connectivity index (χ2n) is 7.38. The number of aryl methyl sites for hydroxylation is 1. The third kappa shape index (κ3) is 4.87. The maximum atomic E-state index is 14.6. The Morgan fingerprint density at radius 3 is 2.61 bits per heavy atom. The van der Waals surface area contributed by atoms with Crippen molar-refractivity contribution in [2.24, 2.45) is 5.92 Å². The van der Waals surface area contributed by atoms with Gasteiger partial charge >= 0.3 is 5.97 Å². The van der Waals surface area contributed by atoms with E-state index < -0.39 is 5.97 Å². The van der Waals surface area contributed by atoms with Crippen LogP contribution in [0.25, 0.3) is 5.57 Å². The standard InChI is InChI=1S/C24H28FNO2/c1-2-18-9-3-4-11-20(18)21(22-12-5-6-14-23(22)25)13-8-16-26-15-7-10-19(17-26)24(27)28/h3-6,9,11-14,19H,2,7-8,10,15-17H2,1H3,(H,27,28)/b21-13+/t19-/m1/s1. The van der Waals surface area contributed by atoms with Gasteiger partial charge in [0.05, 0.1) is 5.92 Å². The van der Waals surface area contributed by atoms with Gasteiger partial charge in [-0.25, -0.2) is 4.39 Å². The number of halogens is 1. The van der Waals surface area contributed by atoms with Crippen LogP contribution in [0, 0.1) is 11.7 Å². The summed E-state index contributed by atoms with van der Waals surface area (Å²) >= 11 is 0. The minimum atomic E-state index is -0.704. The number of hydrogen-bond acceptors (Lipinski definition) is 2. The molecular weight excluding hydrogens is 353 g/mol. The monoisotopic (exact) mass is 381 g/mol. The number of piperidine rings is 1. The normalized spacial score (nSPS) is 18.2. The van der Waals surface area contributed by atoms with Crippen molar-refractivity contribution in [2.45, 2.75) is 32.6 Å². The van der Waals surface area contributed by atoms with Crippen molar-refractivity contribution in [2.75, 3.05) is 19.6 Å². The van der Waals surface area contributed by atoms with Crippen molar-refractivity contribution < 1.29 is 14.3 Å². The second-order valence-corrected chi connectivity index (χ2v) is 7.38. The maximum Gasteiger partial charge on any atom is 0.307 e. The fraction of sp³-hybridized carbons (Fsp3) is 0.375. The van der Waals surface area contributed by atoms with Gasteiger partial charge in [-0.2, -0.15) is 0 Å². The molecular formula is C24H28FNO2. The molecule has 0 amide bonds. The Hall–Kier alpha value is -2.46. The molecule has 3 nitrogen and oxygen atoms in total. The zero-order chi connectivity index (χ0) is 19.9. The molecule has 0 saturated carbocycles. The van der Waals surface area contributed by atoms with Crippen LogP contribution in [-0.4, -0.2) is 35.6 Å². The SMILES string of the molecule is CCc1ccccc1/C(=C\CCN1CCC[C@@H](C(=O)O)C1)c1ccccc1F. The molecule has 0 spiro atoms. The van der Waals surface area contributed by atoms with Crippen LogP contribution >= 0.6 is 0 Å². The molecule has 4 heteroatoms. The lowest BCUT2D eigenvalue weighted by Gasteiger charge is -2.30. The van der Waals surface area contributed by atoms with E-state index in [1.807, 2.05) is 24.3 Å². The summed E-state index contributed by atoms with van der Waals surface area (Å²) in [4.78, 5) is 13.5. The largest absolute Gasteiger partial charge is 0.481 e. The van der Waals surface area contributed by atoms with Crippen LogP contribution < -0.4 is 0 Å². The number of aliphatic carboxylic acids is 1. The van der Waals surface area contributed by atoms with Gasteiger partial charge in [0.1, 0.15) is 5.82 Å². The summed E-state index contributed by atoms with van der Waals surface area (Å²) in [6.45, 7) is 4.43. The molecule has 1 saturated heterocycles. The first kappa shape index (κ1) is 20.3. The van der Waals surface area contributed by atoms with E-state index in [9.17, 15) is 14.3 Å². The number of carboxylic acids is 1. The van der Waals surface area contributed by atoms with E-state index in [0.717, 1.165) is 49.9 Å². The Bertz CT molecular complexity index is 846. The van der Waals surface area contributed by atoms with E-state index in [0.29, 0.717) is 12.1 Å². The molecule has 28 heavy (non-hydrogen) atoms. The smallest absolute Gasteiger partial charge is 0.307 e. The Morgan fingerprint density at radius 1 is 1.18 bits per heavy atom. The Labute approximate surface area is 166 Å². The van der Waals surface area contributed by atoms with E-state index in [-0.39, 0.29) is 11.7 Å². The molecule has 1 N–H and O–H groups in total. The Kier molecular flexibility index (Phi) is 6.99. The summed E-state index contributed by atoms with van der Waals surface area (Å²) < 4.78 is 14.6. The first-order valence-electron chi connectivity index (χ1n) is 10.1. The Balaban J connectivity index is 1.83. The van der Waals surface area contributed by atoms with Crippen molar-refractivity contribution in [3.63, 3.8) is 0 Å². The van der Waals surface area contributed by atoms with E-state index in [1.54, 1.807) is 6.07 Å². The molecule has 2 aromatic rings. The quantitative estimate of drug-likeness (QED) is 0.733. The average Bonchev–Trinajstić information content (AvgIpc) is 2.72. The molecule has 1 fully saturated rings. The van der Waals surface area contributed by atoms with Gasteiger partial charge < -0.3 is 10.0 Å². The highest BCUT2D eigenvalue weighted by Gasteiger charge is 2.24. The van der Waals surface area contributed by atoms with Gasteiger partial charge in [0.2, 0.25) is 0 Å². The van der Waals surface area contributed by atoms with Crippen molar-refractivity contribution >= 4 is 11.5 Å². The lowest BCUT2D eigenvalue weighted by atomic mass is 9.91. The average molecular weight is 381 g/mol. The number of hydrogen-bond donors (Lipinski definition) is 1. The summed E-state index contributed by atoms with van der Waals surface area (Å²) in [5, 5.41) is 9.27. The fourth-order valence-corrected chi connectivity index (χ4v) is 3.99.